The number of nitrogens with one attached hydrogen (secondary N) is 2. The maximum absolute atomic E-state index is 12.6. The second-order valence-corrected chi connectivity index (χ2v) is 8.98. The third kappa shape index (κ3) is 3.72. The molecular weight excluding hydrogens is 372 g/mol. The largest absolute Gasteiger partial charge is 0.497 e. The van der Waals surface area contributed by atoms with Crippen molar-refractivity contribution in [2.24, 2.45) is 0 Å². The van der Waals surface area contributed by atoms with Gasteiger partial charge in [-0.2, -0.15) is 0 Å². The molecule has 0 saturated carbocycles. The van der Waals surface area contributed by atoms with E-state index in [0.29, 0.717) is 10.8 Å². The molecule has 0 fully saturated rings. The zero-order valence-corrected chi connectivity index (χ0v) is 16.4. The summed E-state index contributed by atoms with van der Waals surface area (Å²) in [7, 11) is -2.07. The number of hydrogen-bond acceptors (Lipinski definition) is 3. The van der Waals surface area contributed by atoms with Crippen LogP contribution in [0.2, 0.25) is 5.02 Å². The molecule has 3 aromatic rings. The summed E-state index contributed by atoms with van der Waals surface area (Å²) in [5.74, 6) is 0.611. The lowest BCUT2D eigenvalue weighted by atomic mass is 9.85. The Morgan fingerprint density at radius 3 is 2.50 bits per heavy atom. The third-order valence-corrected chi connectivity index (χ3v) is 6.10. The van der Waals surface area contributed by atoms with E-state index >= 15 is 0 Å². The number of ether oxygens (including phenoxy) is 1. The Kier molecular flexibility index (Phi) is 5.01. The van der Waals surface area contributed by atoms with E-state index in [-0.39, 0.29) is 11.4 Å². The van der Waals surface area contributed by atoms with Gasteiger partial charge in [0.1, 0.15) is 5.75 Å². The van der Waals surface area contributed by atoms with Crippen molar-refractivity contribution in [2.75, 3.05) is 13.7 Å². The first-order valence-electron chi connectivity index (χ1n) is 8.14. The Hall–Kier alpha value is -2.02. The molecule has 0 bridgehead atoms. The molecule has 0 aliphatic rings. The topological polar surface area (TPSA) is 71.2 Å². The Morgan fingerprint density at radius 1 is 1.15 bits per heavy atom. The Balaban J connectivity index is 1.83. The first-order chi connectivity index (χ1) is 12.2. The van der Waals surface area contributed by atoms with Crippen LogP contribution in [0.1, 0.15) is 19.4 Å². The minimum atomic E-state index is -3.61. The van der Waals surface area contributed by atoms with Gasteiger partial charge in [0.2, 0.25) is 10.0 Å². The smallest absolute Gasteiger partial charge is 0.240 e. The summed E-state index contributed by atoms with van der Waals surface area (Å²) in [6, 6.07) is 11.9. The second kappa shape index (κ2) is 6.95. The SMILES string of the molecule is COc1ccc(S(=O)(=O)NCC(C)(C)c2c[nH]c3ccc(Cl)cc23)cc1. The van der Waals surface area contributed by atoms with Gasteiger partial charge in [0.05, 0.1) is 12.0 Å². The fourth-order valence-electron chi connectivity index (χ4n) is 2.86. The first kappa shape index (κ1) is 18.8. The van der Waals surface area contributed by atoms with Crippen molar-refractivity contribution in [1.82, 2.24) is 9.71 Å². The van der Waals surface area contributed by atoms with Crippen LogP contribution in [-0.4, -0.2) is 27.1 Å². The van der Waals surface area contributed by atoms with E-state index in [0.717, 1.165) is 16.5 Å². The number of H-pyrrole nitrogens is 1. The fraction of sp³-hybridized carbons (Fsp3) is 0.263. The summed E-state index contributed by atoms with van der Waals surface area (Å²) in [6.45, 7) is 4.24. The van der Waals surface area contributed by atoms with E-state index in [1.165, 1.54) is 19.2 Å². The van der Waals surface area contributed by atoms with Gasteiger partial charge in [-0.15, -0.1) is 0 Å². The maximum atomic E-state index is 12.6. The van der Waals surface area contributed by atoms with Crippen molar-refractivity contribution in [1.29, 1.82) is 0 Å². The number of benzene rings is 2. The fourth-order valence-corrected chi connectivity index (χ4v) is 4.25. The normalized spacial score (nSPS) is 12.5. The molecule has 7 heteroatoms. The van der Waals surface area contributed by atoms with Crippen LogP contribution < -0.4 is 9.46 Å². The maximum Gasteiger partial charge on any atom is 0.240 e. The Morgan fingerprint density at radius 2 is 1.85 bits per heavy atom. The standard InChI is InChI=1S/C19H21ClN2O3S/c1-19(2,17-11-21-18-9-4-13(20)10-16(17)18)12-22-26(23,24)15-7-5-14(25-3)6-8-15/h4-11,21-22H,12H2,1-3H3. The number of fused-ring (bicyclic) bond motifs is 1. The molecule has 0 aliphatic carbocycles. The van der Waals surface area contributed by atoms with Crippen LogP contribution in [0.25, 0.3) is 10.9 Å². The highest BCUT2D eigenvalue weighted by Gasteiger charge is 2.27. The minimum absolute atomic E-state index is 0.205. The van der Waals surface area contributed by atoms with E-state index in [9.17, 15) is 8.42 Å². The lowest BCUT2D eigenvalue weighted by molar-refractivity contribution is 0.414. The van der Waals surface area contributed by atoms with Gasteiger partial charge < -0.3 is 9.72 Å². The highest BCUT2D eigenvalue weighted by atomic mass is 35.5. The molecule has 0 unspecified atom stereocenters. The predicted molar refractivity (Wildman–Crippen MR) is 105 cm³/mol. The van der Waals surface area contributed by atoms with Crippen molar-refractivity contribution in [3.8, 4) is 5.75 Å². The van der Waals surface area contributed by atoms with Gasteiger partial charge in [-0.05, 0) is 48.0 Å². The monoisotopic (exact) mass is 392 g/mol. The van der Waals surface area contributed by atoms with Gasteiger partial charge in [-0.25, -0.2) is 13.1 Å². The van der Waals surface area contributed by atoms with E-state index in [4.69, 9.17) is 16.3 Å². The van der Waals surface area contributed by atoms with E-state index in [1.54, 1.807) is 12.1 Å². The molecule has 3 rings (SSSR count). The summed E-state index contributed by atoms with van der Waals surface area (Å²) >= 11 is 6.12. The van der Waals surface area contributed by atoms with Gasteiger partial charge in [-0.1, -0.05) is 25.4 Å². The molecule has 2 aromatic carbocycles. The number of sulfonamides is 1. The molecule has 26 heavy (non-hydrogen) atoms. The molecule has 1 aromatic heterocycles. The van der Waals surface area contributed by atoms with Crippen molar-refractivity contribution in [3.05, 3.63) is 59.2 Å². The average molecular weight is 393 g/mol. The number of methoxy groups -OCH3 is 1. The van der Waals surface area contributed by atoms with Gasteiger partial charge in [0.15, 0.2) is 0 Å². The van der Waals surface area contributed by atoms with Crippen LogP contribution in [0.3, 0.4) is 0 Å². The van der Waals surface area contributed by atoms with Gasteiger partial charge in [0, 0.05) is 34.1 Å². The summed E-state index contributed by atoms with van der Waals surface area (Å²) in [5.41, 5.74) is 1.55. The van der Waals surface area contributed by atoms with Gasteiger partial charge in [0.25, 0.3) is 0 Å². The molecule has 0 aliphatic heterocycles. The van der Waals surface area contributed by atoms with Crippen molar-refractivity contribution in [2.45, 2.75) is 24.2 Å². The zero-order chi connectivity index (χ0) is 18.9. The second-order valence-electron chi connectivity index (χ2n) is 6.78. The first-order valence-corrected chi connectivity index (χ1v) is 10.00. The number of rotatable bonds is 6. The van der Waals surface area contributed by atoms with E-state index in [2.05, 4.69) is 9.71 Å². The summed E-state index contributed by atoms with van der Waals surface area (Å²) < 4.78 is 32.9. The van der Waals surface area contributed by atoms with Crippen molar-refractivity contribution in [3.63, 3.8) is 0 Å². The molecule has 138 valence electrons. The van der Waals surface area contributed by atoms with Crippen LogP contribution in [0, 0.1) is 0 Å². The molecule has 0 spiro atoms. The molecular formula is C19H21ClN2O3S. The number of hydrogen-bond donors (Lipinski definition) is 2. The van der Waals surface area contributed by atoms with E-state index in [1.807, 2.05) is 38.2 Å². The Bertz CT molecular complexity index is 1020. The van der Waals surface area contributed by atoms with Crippen LogP contribution in [0.4, 0.5) is 0 Å². The molecule has 2 N–H and O–H groups in total. The van der Waals surface area contributed by atoms with Crippen LogP contribution in [-0.2, 0) is 15.4 Å². The van der Waals surface area contributed by atoms with Crippen LogP contribution in [0.5, 0.6) is 5.75 Å². The molecule has 0 amide bonds. The quantitative estimate of drug-likeness (QED) is 0.663. The highest BCUT2D eigenvalue weighted by Crippen LogP contribution is 2.32. The summed E-state index contributed by atoms with van der Waals surface area (Å²) in [4.78, 5) is 3.42. The summed E-state index contributed by atoms with van der Waals surface area (Å²) in [6.07, 6.45) is 1.91. The predicted octanol–water partition coefficient (Wildman–Crippen LogP) is 4.09. The zero-order valence-electron chi connectivity index (χ0n) is 14.8. The number of halogens is 1. The lowest BCUT2D eigenvalue weighted by Crippen LogP contribution is -2.36. The third-order valence-electron chi connectivity index (χ3n) is 4.45. The molecule has 0 saturated heterocycles. The molecule has 0 radical (unpaired) electrons. The lowest BCUT2D eigenvalue weighted by Gasteiger charge is -2.25. The van der Waals surface area contributed by atoms with Crippen LogP contribution >= 0.6 is 11.6 Å². The van der Waals surface area contributed by atoms with Crippen molar-refractivity contribution < 1.29 is 13.2 Å². The minimum Gasteiger partial charge on any atom is -0.497 e. The molecule has 5 nitrogen and oxygen atoms in total. The Labute approximate surface area is 158 Å². The van der Waals surface area contributed by atoms with E-state index < -0.39 is 15.4 Å². The van der Waals surface area contributed by atoms with Gasteiger partial charge >= 0.3 is 0 Å². The molecule has 1 heterocycles. The molecule has 0 atom stereocenters. The summed E-state index contributed by atoms with van der Waals surface area (Å²) in [5, 5.41) is 1.64. The average Bonchev–Trinajstić information content (AvgIpc) is 3.04. The number of aromatic nitrogens is 1. The van der Waals surface area contributed by atoms with Gasteiger partial charge in [-0.3, -0.25) is 0 Å². The van der Waals surface area contributed by atoms with Crippen molar-refractivity contribution >= 4 is 32.5 Å². The highest BCUT2D eigenvalue weighted by molar-refractivity contribution is 7.89. The number of aromatic amines is 1. The van der Waals surface area contributed by atoms with Crippen LogP contribution in [0.15, 0.2) is 53.6 Å².